The Kier molecular flexibility index (Phi) is 7.65. The summed E-state index contributed by atoms with van der Waals surface area (Å²) in [4.78, 5) is 53.8. The first kappa shape index (κ1) is 22.8. The topological polar surface area (TPSA) is 104 Å². The van der Waals surface area contributed by atoms with Crippen LogP contribution in [0.5, 0.6) is 0 Å². The Labute approximate surface area is 181 Å². The van der Waals surface area contributed by atoms with E-state index in [-0.39, 0.29) is 17.7 Å². The van der Waals surface area contributed by atoms with Crippen LogP contribution in [0.1, 0.15) is 62.7 Å². The molecule has 2 N–H and O–H groups in total. The van der Waals surface area contributed by atoms with Gasteiger partial charge in [-0.1, -0.05) is 26.2 Å². The third-order valence-corrected chi connectivity index (χ3v) is 5.95. The van der Waals surface area contributed by atoms with E-state index in [0.717, 1.165) is 32.1 Å². The molecule has 8 heteroatoms. The molecule has 1 aromatic carbocycles. The van der Waals surface area contributed by atoms with Crippen LogP contribution in [0.15, 0.2) is 27.8 Å². The summed E-state index contributed by atoms with van der Waals surface area (Å²) >= 11 is 0. The predicted octanol–water partition coefficient (Wildman–Crippen LogP) is 2.26. The van der Waals surface area contributed by atoms with E-state index in [1.807, 2.05) is 0 Å². The van der Waals surface area contributed by atoms with Gasteiger partial charge in [-0.15, -0.1) is 0 Å². The fourth-order valence-electron chi connectivity index (χ4n) is 4.19. The monoisotopic (exact) mass is 428 g/mol. The Morgan fingerprint density at radius 3 is 2.71 bits per heavy atom. The van der Waals surface area contributed by atoms with Gasteiger partial charge in [0.25, 0.3) is 5.91 Å². The van der Waals surface area contributed by atoms with Gasteiger partial charge in [-0.3, -0.25) is 19.2 Å². The van der Waals surface area contributed by atoms with Crippen molar-refractivity contribution in [3.05, 3.63) is 44.5 Å². The van der Waals surface area contributed by atoms with Gasteiger partial charge in [-0.25, -0.2) is 0 Å². The van der Waals surface area contributed by atoms with E-state index in [4.69, 9.17) is 0 Å². The highest BCUT2D eigenvalue weighted by atomic mass is 16.2. The molecular formula is C23H32N4O4. The maximum Gasteiger partial charge on any atom is 0.316 e. The third-order valence-electron chi connectivity index (χ3n) is 5.95. The van der Waals surface area contributed by atoms with Crippen LogP contribution < -0.4 is 16.4 Å². The highest BCUT2D eigenvalue weighted by Gasteiger charge is 2.29. The molecule has 1 aliphatic heterocycles. The van der Waals surface area contributed by atoms with Gasteiger partial charge in [0.05, 0.1) is 17.0 Å². The lowest BCUT2D eigenvalue weighted by Crippen LogP contribution is -2.45. The summed E-state index contributed by atoms with van der Waals surface area (Å²) in [6.07, 6.45) is 5.98. The number of H-pyrrole nitrogens is 1. The molecule has 2 amide bonds. The van der Waals surface area contributed by atoms with Gasteiger partial charge in [0.1, 0.15) is 0 Å². The molecule has 3 rings (SSSR count). The first-order valence-corrected chi connectivity index (χ1v) is 11.3. The van der Waals surface area contributed by atoms with E-state index in [0.29, 0.717) is 42.8 Å². The van der Waals surface area contributed by atoms with Crippen molar-refractivity contribution in [3.63, 3.8) is 0 Å². The number of fused-ring (bicyclic) bond motifs is 1. The minimum Gasteiger partial charge on any atom is -0.356 e. The lowest BCUT2D eigenvalue weighted by molar-refractivity contribution is -0.126. The van der Waals surface area contributed by atoms with Gasteiger partial charge in [-0.2, -0.15) is 0 Å². The molecule has 0 aliphatic carbocycles. The molecule has 31 heavy (non-hydrogen) atoms. The highest BCUT2D eigenvalue weighted by molar-refractivity contribution is 5.97. The molecule has 168 valence electrons. The molecule has 1 aliphatic rings. The summed E-state index contributed by atoms with van der Waals surface area (Å²) in [7, 11) is 0. The molecule has 1 saturated heterocycles. The number of carbonyl (C=O) groups excluding carboxylic acids is 2. The molecule has 1 aromatic heterocycles. The summed E-state index contributed by atoms with van der Waals surface area (Å²) in [5.41, 5.74) is 0.171. The molecule has 2 heterocycles. The lowest BCUT2D eigenvalue weighted by atomic mass is 9.96. The number of nitrogens with one attached hydrogen (secondary N) is 2. The average Bonchev–Trinajstić information content (AvgIpc) is 2.79. The number of amides is 2. The SMILES string of the molecule is CCCCCCNC(=O)C1CCCN(C(=O)c2ccc3c(c2)[nH]c(=O)c(=O)n3CC)C1. The van der Waals surface area contributed by atoms with Crippen molar-refractivity contribution in [3.8, 4) is 0 Å². The van der Waals surface area contributed by atoms with Gasteiger partial charge < -0.3 is 19.8 Å². The first-order valence-electron chi connectivity index (χ1n) is 11.3. The fraction of sp³-hybridized carbons (Fsp3) is 0.565. The lowest BCUT2D eigenvalue weighted by Gasteiger charge is -2.32. The van der Waals surface area contributed by atoms with Crippen molar-refractivity contribution < 1.29 is 9.59 Å². The van der Waals surface area contributed by atoms with Crippen molar-refractivity contribution in [2.45, 2.75) is 58.9 Å². The number of aryl methyl sites for hydroxylation is 1. The van der Waals surface area contributed by atoms with Gasteiger partial charge in [0.15, 0.2) is 0 Å². The summed E-state index contributed by atoms with van der Waals surface area (Å²) in [6, 6.07) is 4.97. The maximum absolute atomic E-state index is 13.1. The molecule has 1 unspecified atom stereocenters. The van der Waals surface area contributed by atoms with Crippen molar-refractivity contribution in [1.29, 1.82) is 0 Å². The van der Waals surface area contributed by atoms with E-state index >= 15 is 0 Å². The van der Waals surface area contributed by atoms with Gasteiger partial charge in [-0.05, 0) is 44.4 Å². The molecular weight excluding hydrogens is 396 g/mol. The van der Waals surface area contributed by atoms with Crippen LogP contribution in [-0.2, 0) is 11.3 Å². The molecule has 8 nitrogen and oxygen atoms in total. The minimum atomic E-state index is -0.701. The molecule has 0 saturated carbocycles. The van der Waals surface area contributed by atoms with Crippen molar-refractivity contribution in [1.82, 2.24) is 19.8 Å². The van der Waals surface area contributed by atoms with Crippen LogP contribution in [0, 0.1) is 5.92 Å². The van der Waals surface area contributed by atoms with Crippen molar-refractivity contribution >= 4 is 22.8 Å². The molecule has 0 bridgehead atoms. The summed E-state index contributed by atoms with van der Waals surface area (Å²) in [5.74, 6) is -0.351. The number of rotatable bonds is 8. The third kappa shape index (κ3) is 5.24. The molecule has 0 spiro atoms. The predicted molar refractivity (Wildman–Crippen MR) is 120 cm³/mol. The molecule has 1 fully saturated rings. The van der Waals surface area contributed by atoms with E-state index in [1.54, 1.807) is 30.0 Å². The average molecular weight is 429 g/mol. The Balaban J connectivity index is 1.70. The number of hydrogen-bond donors (Lipinski definition) is 2. The minimum absolute atomic E-state index is 0.0174. The first-order chi connectivity index (χ1) is 15.0. The summed E-state index contributed by atoms with van der Waals surface area (Å²) in [6.45, 7) is 5.99. The second kappa shape index (κ2) is 10.4. The van der Waals surface area contributed by atoms with Crippen molar-refractivity contribution in [2.24, 2.45) is 5.92 Å². The van der Waals surface area contributed by atoms with E-state index in [1.165, 1.54) is 11.0 Å². The smallest absolute Gasteiger partial charge is 0.316 e. The maximum atomic E-state index is 13.1. The van der Waals surface area contributed by atoms with Crippen LogP contribution in [-0.4, -0.2) is 45.9 Å². The van der Waals surface area contributed by atoms with Crippen molar-refractivity contribution in [2.75, 3.05) is 19.6 Å². The number of carbonyl (C=O) groups is 2. The molecule has 2 aromatic rings. The number of aromatic amines is 1. The largest absolute Gasteiger partial charge is 0.356 e. The molecule has 1 atom stereocenters. The zero-order chi connectivity index (χ0) is 22.4. The highest BCUT2D eigenvalue weighted by Crippen LogP contribution is 2.20. The van der Waals surface area contributed by atoms with Crippen LogP contribution in [0.2, 0.25) is 0 Å². The number of hydrogen-bond acceptors (Lipinski definition) is 4. The summed E-state index contributed by atoms with van der Waals surface area (Å²) in [5, 5.41) is 3.01. The zero-order valence-electron chi connectivity index (χ0n) is 18.4. The van der Waals surface area contributed by atoms with Gasteiger partial charge in [0, 0.05) is 31.7 Å². The van der Waals surface area contributed by atoms with Crippen LogP contribution in [0.3, 0.4) is 0 Å². The Morgan fingerprint density at radius 1 is 1.16 bits per heavy atom. The Morgan fingerprint density at radius 2 is 1.97 bits per heavy atom. The quantitative estimate of drug-likeness (QED) is 0.497. The number of unbranched alkanes of at least 4 members (excludes halogenated alkanes) is 3. The summed E-state index contributed by atoms with van der Waals surface area (Å²) < 4.78 is 1.39. The van der Waals surface area contributed by atoms with Crippen LogP contribution >= 0.6 is 0 Å². The number of benzene rings is 1. The van der Waals surface area contributed by atoms with Gasteiger partial charge >= 0.3 is 11.1 Å². The van der Waals surface area contributed by atoms with E-state index < -0.39 is 11.1 Å². The normalized spacial score (nSPS) is 16.5. The Bertz CT molecular complexity index is 1060. The van der Waals surface area contributed by atoms with Crippen LogP contribution in [0.25, 0.3) is 11.0 Å². The fourth-order valence-corrected chi connectivity index (χ4v) is 4.19. The number of likely N-dealkylation sites (tertiary alicyclic amines) is 1. The van der Waals surface area contributed by atoms with Gasteiger partial charge in [0.2, 0.25) is 5.91 Å². The number of aromatic nitrogens is 2. The molecule has 0 radical (unpaired) electrons. The second-order valence-corrected chi connectivity index (χ2v) is 8.18. The Hall–Kier alpha value is -2.90. The van der Waals surface area contributed by atoms with E-state index in [9.17, 15) is 19.2 Å². The van der Waals surface area contributed by atoms with Crippen LogP contribution in [0.4, 0.5) is 0 Å². The number of piperidine rings is 1. The number of nitrogens with zero attached hydrogens (tertiary/aromatic N) is 2. The second-order valence-electron chi connectivity index (χ2n) is 8.18. The van der Waals surface area contributed by atoms with E-state index in [2.05, 4.69) is 17.2 Å². The standard InChI is InChI=1S/C23H32N4O4/c1-3-5-6-7-12-24-20(28)17-9-8-13-26(15-17)22(30)16-10-11-19-18(14-16)25-21(29)23(31)27(19)4-2/h10-11,14,17H,3-9,12-13,15H2,1-2H3,(H,24,28)(H,25,29). The zero-order valence-corrected chi connectivity index (χ0v) is 18.4.